The SMILES string of the molecule is CC(=O)N1CCN(C(=O)CCN(Cc2ccco2)C(=O)c2ccoc2)CC1. The van der Waals surface area contributed by atoms with Crippen molar-refractivity contribution in [2.45, 2.75) is 19.9 Å². The molecule has 0 aromatic carbocycles. The zero-order chi connectivity index (χ0) is 19.2. The minimum atomic E-state index is -0.214. The van der Waals surface area contributed by atoms with E-state index in [-0.39, 0.29) is 37.2 Å². The second-order valence-electron chi connectivity index (χ2n) is 6.45. The molecule has 0 unspecified atom stereocenters. The van der Waals surface area contributed by atoms with Crippen molar-refractivity contribution in [1.82, 2.24) is 14.7 Å². The highest BCUT2D eigenvalue weighted by Gasteiger charge is 2.24. The number of piperazine rings is 1. The number of rotatable bonds is 6. The molecular formula is C19H23N3O5. The molecule has 3 rings (SSSR count). The van der Waals surface area contributed by atoms with Crippen LogP contribution >= 0.6 is 0 Å². The van der Waals surface area contributed by atoms with Crippen LogP contribution in [0.3, 0.4) is 0 Å². The van der Waals surface area contributed by atoms with Gasteiger partial charge in [-0.2, -0.15) is 0 Å². The van der Waals surface area contributed by atoms with Gasteiger partial charge < -0.3 is 23.5 Å². The van der Waals surface area contributed by atoms with Gasteiger partial charge in [0.15, 0.2) is 0 Å². The van der Waals surface area contributed by atoms with Crippen molar-refractivity contribution in [2.75, 3.05) is 32.7 Å². The summed E-state index contributed by atoms with van der Waals surface area (Å²) < 4.78 is 10.3. The monoisotopic (exact) mass is 373 g/mol. The van der Waals surface area contributed by atoms with E-state index in [1.807, 2.05) is 0 Å². The Morgan fingerprint density at radius 3 is 2.41 bits per heavy atom. The summed E-state index contributed by atoms with van der Waals surface area (Å²) in [6.07, 6.45) is 4.60. The molecule has 8 nitrogen and oxygen atoms in total. The van der Waals surface area contributed by atoms with Crippen LogP contribution in [0.15, 0.2) is 45.8 Å². The van der Waals surface area contributed by atoms with Crippen LogP contribution in [0.4, 0.5) is 0 Å². The molecule has 144 valence electrons. The molecule has 1 aliphatic rings. The quantitative estimate of drug-likeness (QED) is 0.767. The number of amides is 3. The van der Waals surface area contributed by atoms with E-state index in [1.54, 1.807) is 39.2 Å². The summed E-state index contributed by atoms with van der Waals surface area (Å²) in [5.74, 6) is 0.434. The van der Waals surface area contributed by atoms with Gasteiger partial charge >= 0.3 is 0 Å². The number of carbonyl (C=O) groups excluding carboxylic acids is 3. The van der Waals surface area contributed by atoms with Crippen LogP contribution in [0, 0.1) is 0 Å². The molecule has 0 aliphatic carbocycles. The molecule has 0 atom stereocenters. The maximum atomic E-state index is 12.7. The maximum Gasteiger partial charge on any atom is 0.257 e. The molecule has 3 amide bonds. The second kappa shape index (κ2) is 8.57. The Labute approximate surface area is 157 Å². The summed E-state index contributed by atoms with van der Waals surface area (Å²) in [6.45, 7) is 4.22. The van der Waals surface area contributed by atoms with Gasteiger partial charge in [-0.15, -0.1) is 0 Å². The lowest BCUT2D eigenvalue weighted by atomic mass is 10.2. The van der Waals surface area contributed by atoms with E-state index in [1.165, 1.54) is 19.5 Å². The van der Waals surface area contributed by atoms with Crippen molar-refractivity contribution in [3.63, 3.8) is 0 Å². The topological polar surface area (TPSA) is 87.2 Å². The van der Waals surface area contributed by atoms with Crippen LogP contribution in [-0.4, -0.2) is 65.1 Å². The average Bonchev–Trinajstić information content (AvgIpc) is 3.38. The second-order valence-corrected chi connectivity index (χ2v) is 6.45. The van der Waals surface area contributed by atoms with Crippen molar-refractivity contribution < 1.29 is 23.2 Å². The maximum absolute atomic E-state index is 12.7. The molecule has 0 saturated carbocycles. The van der Waals surface area contributed by atoms with Gasteiger partial charge in [0.1, 0.15) is 12.0 Å². The fourth-order valence-electron chi connectivity index (χ4n) is 3.07. The number of carbonyl (C=O) groups is 3. The van der Waals surface area contributed by atoms with Gasteiger partial charge in [-0.3, -0.25) is 14.4 Å². The van der Waals surface area contributed by atoms with E-state index in [4.69, 9.17) is 8.83 Å². The molecule has 1 aliphatic heterocycles. The van der Waals surface area contributed by atoms with Gasteiger partial charge in [0.05, 0.1) is 24.6 Å². The van der Waals surface area contributed by atoms with E-state index in [2.05, 4.69) is 0 Å². The average molecular weight is 373 g/mol. The molecule has 3 heterocycles. The first-order valence-electron chi connectivity index (χ1n) is 8.91. The summed E-state index contributed by atoms with van der Waals surface area (Å²) in [7, 11) is 0. The zero-order valence-electron chi connectivity index (χ0n) is 15.3. The van der Waals surface area contributed by atoms with Crippen molar-refractivity contribution in [3.8, 4) is 0 Å². The van der Waals surface area contributed by atoms with E-state index in [0.29, 0.717) is 37.5 Å². The Bertz CT molecular complexity index is 761. The van der Waals surface area contributed by atoms with E-state index in [9.17, 15) is 14.4 Å². The Morgan fingerprint density at radius 2 is 1.81 bits per heavy atom. The first-order valence-corrected chi connectivity index (χ1v) is 8.91. The van der Waals surface area contributed by atoms with Gasteiger partial charge in [0.25, 0.3) is 5.91 Å². The predicted molar refractivity (Wildman–Crippen MR) is 95.6 cm³/mol. The zero-order valence-corrected chi connectivity index (χ0v) is 15.3. The number of hydrogen-bond acceptors (Lipinski definition) is 5. The normalized spacial score (nSPS) is 14.3. The van der Waals surface area contributed by atoms with Crippen LogP contribution in [0.2, 0.25) is 0 Å². The fourth-order valence-corrected chi connectivity index (χ4v) is 3.07. The third kappa shape index (κ3) is 4.78. The molecule has 27 heavy (non-hydrogen) atoms. The Hall–Kier alpha value is -3.03. The predicted octanol–water partition coefficient (Wildman–Crippen LogP) is 1.60. The van der Waals surface area contributed by atoms with Crippen LogP contribution in [0.5, 0.6) is 0 Å². The lowest BCUT2D eigenvalue weighted by Crippen LogP contribution is -2.50. The molecule has 8 heteroatoms. The van der Waals surface area contributed by atoms with E-state index >= 15 is 0 Å². The van der Waals surface area contributed by atoms with E-state index < -0.39 is 0 Å². The van der Waals surface area contributed by atoms with Crippen molar-refractivity contribution in [2.24, 2.45) is 0 Å². The summed E-state index contributed by atoms with van der Waals surface area (Å²) in [4.78, 5) is 41.7. The standard InChI is InChI=1S/C19H23N3O5/c1-15(23)20-7-9-21(10-8-20)18(24)4-6-22(13-17-3-2-11-27-17)19(25)16-5-12-26-14-16/h2-3,5,11-12,14H,4,6-10,13H2,1H3. The summed E-state index contributed by atoms with van der Waals surface area (Å²) >= 11 is 0. The van der Waals surface area contributed by atoms with Gasteiger partial charge in [-0.25, -0.2) is 0 Å². The van der Waals surface area contributed by atoms with Gasteiger partial charge in [0.2, 0.25) is 11.8 Å². The highest BCUT2D eigenvalue weighted by Crippen LogP contribution is 2.13. The Balaban J connectivity index is 1.58. The van der Waals surface area contributed by atoms with Crippen LogP contribution in [-0.2, 0) is 16.1 Å². The largest absolute Gasteiger partial charge is 0.472 e. The third-order valence-electron chi connectivity index (χ3n) is 4.66. The van der Waals surface area contributed by atoms with Crippen LogP contribution in [0.25, 0.3) is 0 Å². The fraction of sp³-hybridized carbons (Fsp3) is 0.421. The minimum absolute atomic E-state index is 0.0253. The van der Waals surface area contributed by atoms with E-state index in [0.717, 1.165) is 0 Å². The lowest BCUT2D eigenvalue weighted by molar-refractivity contribution is -0.138. The first-order chi connectivity index (χ1) is 13.0. The van der Waals surface area contributed by atoms with Crippen LogP contribution < -0.4 is 0 Å². The molecule has 1 saturated heterocycles. The lowest BCUT2D eigenvalue weighted by Gasteiger charge is -2.34. The molecular weight excluding hydrogens is 350 g/mol. The Kier molecular flexibility index (Phi) is 5.95. The molecule has 2 aromatic rings. The number of hydrogen-bond donors (Lipinski definition) is 0. The third-order valence-corrected chi connectivity index (χ3v) is 4.66. The van der Waals surface area contributed by atoms with Gasteiger partial charge in [-0.1, -0.05) is 0 Å². The minimum Gasteiger partial charge on any atom is -0.472 e. The summed E-state index contributed by atoms with van der Waals surface area (Å²) in [6, 6.07) is 5.15. The first kappa shape index (κ1) is 18.8. The smallest absolute Gasteiger partial charge is 0.257 e. The van der Waals surface area contributed by atoms with Gasteiger partial charge in [-0.05, 0) is 18.2 Å². The van der Waals surface area contributed by atoms with Crippen LogP contribution in [0.1, 0.15) is 29.5 Å². The molecule has 2 aromatic heterocycles. The molecule has 1 fully saturated rings. The van der Waals surface area contributed by atoms with Crippen molar-refractivity contribution >= 4 is 17.7 Å². The van der Waals surface area contributed by atoms with Crippen molar-refractivity contribution in [1.29, 1.82) is 0 Å². The van der Waals surface area contributed by atoms with Gasteiger partial charge in [0, 0.05) is 46.1 Å². The summed E-state index contributed by atoms with van der Waals surface area (Å²) in [5, 5.41) is 0. The number of furan rings is 2. The molecule has 0 N–H and O–H groups in total. The highest BCUT2D eigenvalue weighted by molar-refractivity contribution is 5.94. The molecule has 0 radical (unpaired) electrons. The Morgan fingerprint density at radius 1 is 1.07 bits per heavy atom. The molecule has 0 spiro atoms. The van der Waals surface area contributed by atoms with Crippen molar-refractivity contribution in [3.05, 3.63) is 48.3 Å². The highest BCUT2D eigenvalue weighted by atomic mass is 16.3. The number of nitrogens with zero attached hydrogens (tertiary/aromatic N) is 3. The molecule has 0 bridgehead atoms. The summed E-state index contributed by atoms with van der Waals surface area (Å²) in [5.41, 5.74) is 0.434.